The second kappa shape index (κ2) is 8.08. The highest BCUT2D eigenvalue weighted by Crippen LogP contribution is 2.16. The summed E-state index contributed by atoms with van der Waals surface area (Å²) in [6.45, 7) is 5.36. The number of thiophene rings is 1. The fraction of sp³-hybridized carbons (Fsp3) is 0.412. The van der Waals surface area contributed by atoms with Crippen molar-refractivity contribution < 1.29 is 0 Å². The predicted molar refractivity (Wildman–Crippen MR) is 89.7 cm³/mol. The lowest BCUT2D eigenvalue weighted by Gasteiger charge is -2.19. The minimum atomic E-state index is 1.000. The summed E-state index contributed by atoms with van der Waals surface area (Å²) in [7, 11) is 2.15. The van der Waals surface area contributed by atoms with Gasteiger partial charge in [0.25, 0.3) is 0 Å². The molecule has 0 spiro atoms. The number of aryl methyl sites for hydroxylation is 1. The standard InChI is InChI=1S/C17H24N2S/c1-3-16-10-11-17(20-16)14-18-12-7-13-19(2)15-8-5-4-6-9-15/h4-6,8-11,18H,3,7,12-14H2,1-2H3. The number of rotatable bonds is 8. The quantitative estimate of drug-likeness (QED) is 0.741. The van der Waals surface area contributed by atoms with Crippen LogP contribution in [0.1, 0.15) is 23.1 Å². The van der Waals surface area contributed by atoms with Crippen molar-refractivity contribution in [3.8, 4) is 0 Å². The highest BCUT2D eigenvalue weighted by Gasteiger charge is 2.00. The number of para-hydroxylation sites is 1. The van der Waals surface area contributed by atoms with Gasteiger partial charge in [0.05, 0.1) is 0 Å². The molecule has 0 radical (unpaired) electrons. The van der Waals surface area contributed by atoms with Crippen molar-refractivity contribution in [3.05, 3.63) is 52.2 Å². The molecule has 108 valence electrons. The number of hydrogen-bond donors (Lipinski definition) is 1. The Labute approximate surface area is 126 Å². The third kappa shape index (κ3) is 4.66. The lowest BCUT2D eigenvalue weighted by atomic mass is 10.3. The molecule has 2 nitrogen and oxygen atoms in total. The Morgan fingerprint density at radius 2 is 1.80 bits per heavy atom. The Bertz CT molecular complexity index is 493. The molecule has 2 aromatic rings. The van der Waals surface area contributed by atoms with Crippen molar-refractivity contribution in [2.45, 2.75) is 26.3 Å². The first-order valence-electron chi connectivity index (χ1n) is 7.34. The molecule has 1 aromatic carbocycles. The van der Waals surface area contributed by atoms with Crippen LogP contribution >= 0.6 is 11.3 Å². The zero-order valence-corrected chi connectivity index (χ0v) is 13.2. The van der Waals surface area contributed by atoms with Crippen molar-refractivity contribution in [3.63, 3.8) is 0 Å². The average molecular weight is 288 g/mol. The molecule has 0 atom stereocenters. The van der Waals surface area contributed by atoms with E-state index in [0.29, 0.717) is 0 Å². The van der Waals surface area contributed by atoms with E-state index in [1.165, 1.54) is 15.4 Å². The van der Waals surface area contributed by atoms with Crippen LogP contribution in [0, 0.1) is 0 Å². The fourth-order valence-corrected chi connectivity index (χ4v) is 3.10. The SMILES string of the molecule is CCc1ccc(CNCCCN(C)c2ccccc2)s1. The van der Waals surface area contributed by atoms with Gasteiger partial charge in [0.2, 0.25) is 0 Å². The van der Waals surface area contributed by atoms with Crippen molar-refractivity contribution >= 4 is 17.0 Å². The highest BCUT2D eigenvalue weighted by atomic mass is 32.1. The van der Waals surface area contributed by atoms with Crippen molar-refractivity contribution in [2.75, 3.05) is 25.0 Å². The van der Waals surface area contributed by atoms with Gasteiger partial charge in [0.1, 0.15) is 0 Å². The summed E-state index contributed by atoms with van der Waals surface area (Å²) in [5.74, 6) is 0. The molecule has 0 fully saturated rings. The number of hydrogen-bond acceptors (Lipinski definition) is 3. The van der Waals surface area contributed by atoms with E-state index in [1.807, 2.05) is 11.3 Å². The van der Waals surface area contributed by atoms with Gasteiger partial charge < -0.3 is 10.2 Å². The highest BCUT2D eigenvalue weighted by molar-refractivity contribution is 7.11. The lowest BCUT2D eigenvalue weighted by molar-refractivity contribution is 0.650. The molecule has 2 rings (SSSR count). The fourth-order valence-electron chi connectivity index (χ4n) is 2.17. The van der Waals surface area contributed by atoms with Crippen molar-refractivity contribution in [1.29, 1.82) is 0 Å². The van der Waals surface area contributed by atoms with Crippen LogP contribution < -0.4 is 10.2 Å². The summed E-state index contributed by atoms with van der Waals surface area (Å²) in [6.07, 6.45) is 2.31. The summed E-state index contributed by atoms with van der Waals surface area (Å²) < 4.78 is 0. The van der Waals surface area contributed by atoms with E-state index in [2.05, 4.69) is 66.7 Å². The van der Waals surface area contributed by atoms with E-state index in [1.54, 1.807) is 0 Å². The van der Waals surface area contributed by atoms with Gasteiger partial charge in [0.15, 0.2) is 0 Å². The second-order valence-corrected chi connectivity index (χ2v) is 6.26. The predicted octanol–water partition coefficient (Wildman–Crippen LogP) is 3.93. The molecule has 0 saturated carbocycles. The molecule has 0 bridgehead atoms. The topological polar surface area (TPSA) is 15.3 Å². The summed E-state index contributed by atoms with van der Waals surface area (Å²) in [4.78, 5) is 5.23. The molecular formula is C17H24N2S. The van der Waals surface area contributed by atoms with E-state index in [9.17, 15) is 0 Å². The minimum Gasteiger partial charge on any atom is -0.375 e. The second-order valence-electron chi connectivity index (χ2n) is 5.01. The van der Waals surface area contributed by atoms with Crippen LogP contribution in [-0.2, 0) is 13.0 Å². The molecule has 0 saturated heterocycles. The average Bonchev–Trinajstić information content (AvgIpc) is 2.95. The Kier molecular flexibility index (Phi) is 6.09. The zero-order valence-electron chi connectivity index (χ0n) is 12.4. The molecule has 0 unspecified atom stereocenters. The Hall–Kier alpha value is -1.32. The van der Waals surface area contributed by atoms with Crippen LogP contribution in [0.15, 0.2) is 42.5 Å². The van der Waals surface area contributed by atoms with Crippen LogP contribution in [0.2, 0.25) is 0 Å². The van der Waals surface area contributed by atoms with E-state index in [-0.39, 0.29) is 0 Å². The number of benzene rings is 1. The smallest absolute Gasteiger partial charge is 0.0363 e. The van der Waals surface area contributed by atoms with Crippen LogP contribution in [0.4, 0.5) is 5.69 Å². The Balaban J connectivity index is 1.62. The van der Waals surface area contributed by atoms with E-state index in [0.717, 1.165) is 32.5 Å². The molecule has 1 aromatic heterocycles. The van der Waals surface area contributed by atoms with E-state index >= 15 is 0 Å². The van der Waals surface area contributed by atoms with Gasteiger partial charge >= 0.3 is 0 Å². The van der Waals surface area contributed by atoms with Crippen LogP contribution in [-0.4, -0.2) is 20.1 Å². The summed E-state index contributed by atoms with van der Waals surface area (Å²) in [6, 6.07) is 15.0. The van der Waals surface area contributed by atoms with Gasteiger partial charge in [-0.15, -0.1) is 11.3 Å². The molecule has 1 heterocycles. The number of nitrogens with one attached hydrogen (secondary N) is 1. The molecule has 1 N–H and O–H groups in total. The first-order valence-corrected chi connectivity index (χ1v) is 8.15. The van der Waals surface area contributed by atoms with Crippen LogP contribution in [0.5, 0.6) is 0 Å². The number of nitrogens with zero attached hydrogens (tertiary/aromatic N) is 1. The monoisotopic (exact) mass is 288 g/mol. The molecule has 0 aliphatic heterocycles. The largest absolute Gasteiger partial charge is 0.375 e. The summed E-state index contributed by atoms with van der Waals surface area (Å²) in [5, 5.41) is 3.53. The molecule has 0 amide bonds. The van der Waals surface area contributed by atoms with Crippen LogP contribution in [0.25, 0.3) is 0 Å². The summed E-state index contributed by atoms with van der Waals surface area (Å²) in [5.41, 5.74) is 1.29. The molecule has 0 aliphatic carbocycles. The van der Waals surface area contributed by atoms with Gasteiger partial charge in [-0.2, -0.15) is 0 Å². The van der Waals surface area contributed by atoms with Gasteiger partial charge in [-0.1, -0.05) is 25.1 Å². The van der Waals surface area contributed by atoms with Gasteiger partial charge in [-0.05, 0) is 43.7 Å². The number of anilines is 1. The maximum Gasteiger partial charge on any atom is 0.0363 e. The molecule has 3 heteroatoms. The maximum atomic E-state index is 3.53. The van der Waals surface area contributed by atoms with E-state index < -0.39 is 0 Å². The third-order valence-corrected chi connectivity index (χ3v) is 4.64. The minimum absolute atomic E-state index is 1.000. The summed E-state index contributed by atoms with van der Waals surface area (Å²) >= 11 is 1.92. The lowest BCUT2D eigenvalue weighted by Crippen LogP contribution is -2.23. The first-order chi connectivity index (χ1) is 9.79. The first kappa shape index (κ1) is 15.1. The van der Waals surface area contributed by atoms with E-state index in [4.69, 9.17) is 0 Å². The normalized spacial score (nSPS) is 10.7. The van der Waals surface area contributed by atoms with Gasteiger partial charge in [-0.3, -0.25) is 0 Å². The van der Waals surface area contributed by atoms with Crippen molar-refractivity contribution in [2.24, 2.45) is 0 Å². The maximum absolute atomic E-state index is 3.53. The Morgan fingerprint density at radius 3 is 2.50 bits per heavy atom. The van der Waals surface area contributed by atoms with Gasteiger partial charge in [0, 0.05) is 35.6 Å². The Morgan fingerprint density at radius 1 is 1.05 bits per heavy atom. The van der Waals surface area contributed by atoms with Gasteiger partial charge in [-0.25, -0.2) is 0 Å². The third-order valence-electron chi connectivity index (χ3n) is 3.41. The molecular weight excluding hydrogens is 264 g/mol. The van der Waals surface area contributed by atoms with Crippen LogP contribution in [0.3, 0.4) is 0 Å². The zero-order chi connectivity index (χ0) is 14.2. The molecule has 0 aliphatic rings. The molecule has 20 heavy (non-hydrogen) atoms. The van der Waals surface area contributed by atoms with Crippen molar-refractivity contribution in [1.82, 2.24) is 5.32 Å².